The Morgan fingerprint density at radius 2 is 1.73 bits per heavy atom. The first kappa shape index (κ1) is 17.6. The molecule has 4 rings (SSSR count). The zero-order valence-electron chi connectivity index (χ0n) is 15.7. The highest BCUT2D eigenvalue weighted by Gasteiger charge is 2.38. The minimum Gasteiger partial charge on any atom is -0.489 e. The molecule has 0 spiro atoms. The van der Waals surface area contributed by atoms with Gasteiger partial charge in [-0.3, -0.25) is 0 Å². The van der Waals surface area contributed by atoms with Crippen molar-refractivity contribution >= 4 is 0 Å². The highest BCUT2D eigenvalue weighted by atomic mass is 16.5. The summed E-state index contributed by atoms with van der Waals surface area (Å²) in [5.74, 6) is 2.50. The van der Waals surface area contributed by atoms with Crippen LogP contribution in [0.1, 0.15) is 36.3 Å². The third kappa shape index (κ3) is 4.66. The van der Waals surface area contributed by atoms with Crippen molar-refractivity contribution in [3.8, 4) is 5.75 Å². The summed E-state index contributed by atoms with van der Waals surface area (Å²) in [4.78, 5) is 2.44. The molecule has 2 fully saturated rings. The summed E-state index contributed by atoms with van der Waals surface area (Å²) in [5.41, 5.74) is 2.65. The van der Waals surface area contributed by atoms with E-state index in [1.807, 2.05) is 18.2 Å². The molecular weight excluding hydrogens is 320 g/mol. The average Bonchev–Trinajstić information content (AvgIpc) is 3.47. The van der Waals surface area contributed by atoms with Crippen molar-refractivity contribution in [1.29, 1.82) is 0 Å². The van der Waals surface area contributed by atoms with Crippen molar-refractivity contribution in [1.82, 2.24) is 10.2 Å². The first-order chi connectivity index (χ1) is 12.8. The lowest BCUT2D eigenvalue weighted by Crippen LogP contribution is -2.35. The minimum atomic E-state index is 0.629. The van der Waals surface area contributed by atoms with Crippen molar-refractivity contribution in [2.75, 3.05) is 26.7 Å². The Kier molecular flexibility index (Phi) is 5.57. The average molecular weight is 351 g/mol. The summed E-state index contributed by atoms with van der Waals surface area (Å²) in [6.07, 6.45) is 3.96. The monoisotopic (exact) mass is 350 g/mol. The molecule has 0 amide bonds. The summed E-state index contributed by atoms with van der Waals surface area (Å²) in [5, 5.41) is 3.80. The maximum Gasteiger partial charge on any atom is 0.119 e. The number of likely N-dealkylation sites (tertiary alicyclic amines) is 1. The third-order valence-electron chi connectivity index (χ3n) is 5.85. The fourth-order valence-electron chi connectivity index (χ4n) is 3.93. The zero-order chi connectivity index (χ0) is 17.8. The van der Waals surface area contributed by atoms with Crippen molar-refractivity contribution in [2.24, 2.45) is 5.92 Å². The number of nitrogens with one attached hydrogen (secondary N) is 1. The normalized spacial score (nSPS) is 23.7. The number of ether oxygens (including phenoxy) is 1. The molecule has 3 heteroatoms. The smallest absolute Gasteiger partial charge is 0.119 e. The first-order valence-electron chi connectivity index (χ1n) is 9.96. The second-order valence-corrected chi connectivity index (χ2v) is 7.95. The van der Waals surface area contributed by atoms with E-state index in [-0.39, 0.29) is 0 Å². The minimum absolute atomic E-state index is 0.629. The number of hydrogen-bond acceptors (Lipinski definition) is 3. The van der Waals surface area contributed by atoms with Gasteiger partial charge in [-0.15, -0.1) is 0 Å². The van der Waals surface area contributed by atoms with E-state index in [0.717, 1.165) is 11.7 Å². The van der Waals surface area contributed by atoms with Crippen LogP contribution in [0, 0.1) is 5.92 Å². The van der Waals surface area contributed by atoms with Crippen LogP contribution < -0.4 is 10.1 Å². The first-order valence-corrected chi connectivity index (χ1v) is 9.96. The van der Waals surface area contributed by atoms with E-state index in [0.29, 0.717) is 18.6 Å². The summed E-state index contributed by atoms with van der Waals surface area (Å²) in [6.45, 7) is 4.33. The lowest BCUT2D eigenvalue weighted by atomic mass is 9.97. The fourth-order valence-corrected chi connectivity index (χ4v) is 3.93. The molecule has 1 N–H and O–H groups in total. The quantitative estimate of drug-likeness (QED) is 0.815. The summed E-state index contributed by atoms with van der Waals surface area (Å²) in [7, 11) is 2.23. The molecule has 2 aliphatic rings. The fraction of sp³-hybridized carbons (Fsp3) is 0.478. The molecule has 2 unspecified atom stereocenters. The van der Waals surface area contributed by atoms with Crippen molar-refractivity contribution in [3.63, 3.8) is 0 Å². The number of piperidine rings is 1. The molecule has 0 aromatic heterocycles. The Balaban J connectivity index is 1.21. The molecular formula is C23H30N2O. The molecule has 26 heavy (non-hydrogen) atoms. The maximum atomic E-state index is 5.89. The van der Waals surface area contributed by atoms with Crippen LogP contribution in [0.25, 0.3) is 0 Å². The molecule has 1 heterocycles. The van der Waals surface area contributed by atoms with Gasteiger partial charge >= 0.3 is 0 Å². The zero-order valence-corrected chi connectivity index (χ0v) is 15.7. The number of rotatable bonds is 7. The van der Waals surface area contributed by atoms with Crippen molar-refractivity contribution < 1.29 is 4.74 Å². The highest BCUT2D eigenvalue weighted by molar-refractivity contribution is 5.34. The number of nitrogens with zero attached hydrogens (tertiary/aromatic N) is 1. The van der Waals surface area contributed by atoms with Crippen LogP contribution in [0.2, 0.25) is 0 Å². The molecule has 2 aromatic rings. The van der Waals surface area contributed by atoms with E-state index in [4.69, 9.17) is 4.74 Å². The molecule has 1 saturated heterocycles. The van der Waals surface area contributed by atoms with Gasteiger partial charge in [-0.1, -0.05) is 42.5 Å². The van der Waals surface area contributed by atoms with Crippen molar-refractivity contribution in [3.05, 3.63) is 65.7 Å². The van der Waals surface area contributed by atoms with Gasteiger partial charge in [0.25, 0.3) is 0 Å². The summed E-state index contributed by atoms with van der Waals surface area (Å²) < 4.78 is 5.89. The summed E-state index contributed by atoms with van der Waals surface area (Å²) in [6, 6.07) is 19.7. The van der Waals surface area contributed by atoms with Crippen LogP contribution in [-0.4, -0.2) is 37.6 Å². The van der Waals surface area contributed by atoms with Gasteiger partial charge < -0.3 is 15.0 Å². The van der Waals surface area contributed by atoms with Gasteiger partial charge in [0.1, 0.15) is 12.4 Å². The lowest BCUT2D eigenvalue weighted by molar-refractivity contribution is 0.215. The Morgan fingerprint density at radius 3 is 2.46 bits per heavy atom. The molecule has 138 valence electrons. The van der Waals surface area contributed by atoms with E-state index >= 15 is 0 Å². The Morgan fingerprint density at radius 1 is 1.00 bits per heavy atom. The molecule has 1 aliphatic heterocycles. The van der Waals surface area contributed by atoms with Crippen LogP contribution in [0.5, 0.6) is 5.75 Å². The van der Waals surface area contributed by atoms with Crippen LogP contribution in [0.3, 0.4) is 0 Å². The van der Waals surface area contributed by atoms with Gasteiger partial charge in [0.2, 0.25) is 0 Å². The van der Waals surface area contributed by atoms with Gasteiger partial charge in [-0.05, 0) is 75.1 Å². The van der Waals surface area contributed by atoms with E-state index in [1.54, 1.807) is 0 Å². The Hall–Kier alpha value is -1.84. The molecule has 1 saturated carbocycles. The molecule has 1 aliphatic carbocycles. The molecule has 3 nitrogen and oxygen atoms in total. The topological polar surface area (TPSA) is 24.5 Å². The van der Waals surface area contributed by atoms with E-state index in [1.165, 1.54) is 50.0 Å². The second kappa shape index (κ2) is 8.24. The van der Waals surface area contributed by atoms with Crippen LogP contribution in [-0.2, 0) is 6.61 Å². The van der Waals surface area contributed by atoms with Crippen LogP contribution in [0.15, 0.2) is 54.6 Å². The SMILES string of the molecule is CN1CCC(CNC2CC2c2ccc(OCc3ccccc3)cc2)CC1. The molecule has 2 atom stereocenters. The van der Waals surface area contributed by atoms with E-state index < -0.39 is 0 Å². The van der Waals surface area contributed by atoms with Gasteiger partial charge in [-0.25, -0.2) is 0 Å². The largest absolute Gasteiger partial charge is 0.489 e. The van der Waals surface area contributed by atoms with E-state index in [9.17, 15) is 0 Å². The van der Waals surface area contributed by atoms with E-state index in [2.05, 4.69) is 53.7 Å². The van der Waals surface area contributed by atoms with Crippen LogP contribution in [0.4, 0.5) is 0 Å². The predicted octanol–water partition coefficient (Wildman–Crippen LogP) is 4.05. The van der Waals surface area contributed by atoms with Gasteiger partial charge in [0.15, 0.2) is 0 Å². The van der Waals surface area contributed by atoms with Gasteiger partial charge in [-0.2, -0.15) is 0 Å². The number of benzene rings is 2. The molecule has 0 bridgehead atoms. The second-order valence-electron chi connectivity index (χ2n) is 7.95. The molecule has 2 aromatic carbocycles. The maximum absolute atomic E-state index is 5.89. The third-order valence-corrected chi connectivity index (χ3v) is 5.85. The highest BCUT2D eigenvalue weighted by Crippen LogP contribution is 2.41. The lowest BCUT2D eigenvalue weighted by Gasteiger charge is -2.29. The Labute approximate surface area is 157 Å². The number of hydrogen-bond donors (Lipinski definition) is 1. The van der Waals surface area contributed by atoms with Gasteiger partial charge in [0.05, 0.1) is 0 Å². The molecule has 0 radical (unpaired) electrons. The van der Waals surface area contributed by atoms with Crippen molar-refractivity contribution in [2.45, 2.75) is 37.8 Å². The predicted molar refractivity (Wildman–Crippen MR) is 107 cm³/mol. The summed E-state index contributed by atoms with van der Waals surface area (Å²) >= 11 is 0. The van der Waals surface area contributed by atoms with Gasteiger partial charge in [0, 0.05) is 12.0 Å². The standard InChI is InChI=1S/C23H30N2O/c1-25-13-11-18(12-14-25)16-24-23-15-22(23)20-7-9-21(10-8-20)26-17-19-5-3-2-4-6-19/h2-10,18,22-24H,11-17H2,1H3. The Bertz CT molecular complexity index is 677. The van der Waals surface area contributed by atoms with Crippen LogP contribution >= 0.6 is 0 Å².